The Hall–Kier alpha value is -1.70. The van der Waals surface area contributed by atoms with E-state index in [-0.39, 0.29) is 10.9 Å². The molecule has 0 spiro atoms. The first-order valence-electron chi connectivity index (χ1n) is 6.70. The molecule has 6 nitrogen and oxygen atoms in total. The first kappa shape index (κ1) is 15.7. The molecule has 2 rings (SSSR count). The second kappa shape index (κ2) is 6.84. The lowest BCUT2D eigenvalue weighted by atomic mass is 10.0. The van der Waals surface area contributed by atoms with Gasteiger partial charge in [-0.1, -0.05) is 30.3 Å². The third kappa shape index (κ3) is 4.38. The summed E-state index contributed by atoms with van der Waals surface area (Å²) in [7, 11) is 0.355. The minimum Gasteiger partial charge on any atom is -0.309 e. The van der Waals surface area contributed by atoms with Gasteiger partial charge in [0.2, 0.25) is 10.0 Å². The largest absolute Gasteiger partial charge is 0.309 e. The first-order chi connectivity index (χ1) is 9.99. The highest BCUT2D eigenvalue weighted by molar-refractivity contribution is 7.89. The van der Waals surface area contributed by atoms with Crippen molar-refractivity contribution in [3.05, 3.63) is 48.3 Å². The van der Waals surface area contributed by atoms with Gasteiger partial charge in [0.05, 0.1) is 6.20 Å². The van der Waals surface area contributed by atoms with E-state index in [9.17, 15) is 8.42 Å². The Morgan fingerprint density at radius 3 is 2.57 bits per heavy atom. The average molecular weight is 308 g/mol. The fourth-order valence-electron chi connectivity index (χ4n) is 2.01. The van der Waals surface area contributed by atoms with Gasteiger partial charge in [0.15, 0.2) is 0 Å². The van der Waals surface area contributed by atoms with Gasteiger partial charge in [-0.05, 0) is 32.6 Å². The molecule has 0 saturated heterocycles. The molecule has 1 atom stereocenters. The lowest BCUT2D eigenvalue weighted by Crippen LogP contribution is -2.30. The monoisotopic (exact) mass is 308 g/mol. The van der Waals surface area contributed by atoms with Crippen LogP contribution >= 0.6 is 0 Å². The number of aromatic nitrogens is 2. The third-order valence-electron chi connectivity index (χ3n) is 3.15. The zero-order valence-corrected chi connectivity index (χ0v) is 13.0. The summed E-state index contributed by atoms with van der Waals surface area (Å²) in [5.41, 5.74) is 0.950. The van der Waals surface area contributed by atoms with Crippen LogP contribution in [0.5, 0.6) is 0 Å². The molecule has 1 heterocycles. The summed E-state index contributed by atoms with van der Waals surface area (Å²) in [4.78, 5) is 2.18. The summed E-state index contributed by atoms with van der Waals surface area (Å²) in [5.74, 6) is 0. The SMILES string of the molecule is CN(C)CC[C@H](NS(=O)(=O)c1cn[nH]c1)c1ccccc1. The van der Waals surface area contributed by atoms with Crippen LogP contribution in [0.25, 0.3) is 0 Å². The molecule has 0 amide bonds. The normalized spacial score (nSPS) is 13.5. The highest BCUT2D eigenvalue weighted by Gasteiger charge is 2.22. The van der Waals surface area contributed by atoms with E-state index in [4.69, 9.17) is 0 Å². The number of hydrogen-bond donors (Lipinski definition) is 2. The van der Waals surface area contributed by atoms with Crippen molar-refractivity contribution in [2.75, 3.05) is 20.6 Å². The van der Waals surface area contributed by atoms with Crippen LogP contribution in [0.2, 0.25) is 0 Å². The second-order valence-electron chi connectivity index (χ2n) is 5.11. The fraction of sp³-hybridized carbons (Fsp3) is 0.357. The molecule has 21 heavy (non-hydrogen) atoms. The zero-order chi connectivity index (χ0) is 15.3. The van der Waals surface area contributed by atoms with Crippen LogP contribution in [0.4, 0.5) is 0 Å². The minimum atomic E-state index is -3.57. The van der Waals surface area contributed by atoms with Gasteiger partial charge in [0.1, 0.15) is 4.90 Å². The van der Waals surface area contributed by atoms with E-state index in [1.165, 1.54) is 12.4 Å². The first-order valence-corrected chi connectivity index (χ1v) is 8.18. The quantitative estimate of drug-likeness (QED) is 0.810. The Kier molecular flexibility index (Phi) is 5.11. The molecular formula is C14H20N4O2S. The van der Waals surface area contributed by atoms with Crippen molar-refractivity contribution in [3.63, 3.8) is 0 Å². The maximum atomic E-state index is 12.3. The number of benzene rings is 1. The molecule has 1 aromatic heterocycles. The van der Waals surface area contributed by atoms with Crippen molar-refractivity contribution >= 4 is 10.0 Å². The molecule has 1 aromatic carbocycles. The number of H-pyrrole nitrogens is 1. The Bertz CT molecular complexity index is 639. The summed E-state index contributed by atoms with van der Waals surface area (Å²) < 4.78 is 27.4. The van der Waals surface area contributed by atoms with E-state index in [1.807, 2.05) is 49.3 Å². The summed E-state index contributed by atoms with van der Waals surface area (Å²) in [6, 6.07) is 9.32. The van der Waals surface area contributed by atoms with Crippen molar-refractivity contribution in [1.29, 1.82) is 0 Å². The van der Waals surface area contributed by atoms with E-state index in [2.05, 4.69) is 14.9 Å². The number of nitrogens with one attached hydrogen (secondary N) is 2. The van der Waals surface area contributed by atoms with E-state index >= 15 is 0 Å². The van der Waals surface area contributed by atoms with Crippen LogP contribution in [-0.4, -0.2) is 44.2 Å². The predicted molar refractivity (Wildman–Crippen MR) is 81.3 cm³/mol. The minimum absolute atomic E-state index is 0.147. The summed E-state index contributed by atoms with van der Waals surface area (Å²) in [6.45, 7) is 0.785. The van der Waals surface area contributed by atoms with Gasteiger partial charge in [-0.3, -0.25) is 5.10 Å². The maximum Gasteiger partial charge on any atom is 0.244 e. The topological polar surface area (TPSA) is 78.1 Å². The van der Waals surface area contributed by atoms with Crippen LogP contribution in [0.1, 0.15) is 18.0 Å². The lowest BCUT2D eigenvalue weighted by molar-refractivity contribution is 0.375. The Morgan fingerprint density at radius 1 is 1.29 bits per heavy atom. The molecule has 7 heteroatoms. The van der Waals surface area contributed by atoms with Gasteiger partial charge in [0, 0.05) is 12.2 Å². The Labute approximate surface area is 125 Å². The molecule has 114 valence electrons. The number of hydrogen-bond acceptors (Lipinski definition) is 4. The van der Waals surface area contributed by atoms with E-state index < -0.39 is 10.0 Å². The zero-order valence-electron chi connectivity index (χ0n) is 12.2. The van der Waals surface area contributed by atoms with E-state index in [0.29, 0.717) is 6.42 Å². The van der Waals surface area contributed by atoms with Crippen molar-refractivity contribution in [2.24, 2.45) is 0 Å². The van der Waals surface area contributed by atoms with Crippen LogP contribution in [0, 0.1) is 0 Å². The van der Waals surface area contributed by atoms with E-state index in [1.54, 1.807) is 0 Å². The smallest absolute Gasteiger partial charge is 0.244 e. The summed E-state index contributed by atoms with van der Waals surface area (Å²) in [5, 5.41) is 6.21. The molecule has 0 aliphatic heterocycles. The number of nitrogens with zero attached hydrogens (tertiary/aromatic N) is 2. The van der Waals surface area contributed by atoms with Crippen LogP contribution < -0.4 is 4.72 Å². The highest BCUT2D eigenvalue weighted by atomic mass is 32.2. The van der Waals surface area contributed by atoms with Gasteiger partial charge >= 0.3 is 0 Å². The van der Waals surface area contributed by atoms with Crippen molar-refractivity contribution < 1.29 is 8.42 Å². The summed E-state index contributed by atoms with van der Waals surface area (Å²) >= 11 is 0. The molecular weight excluding hydrogens is 288 g/mol. The van der Waals surface area contributed by atoms with Crippen molar-refractivity contribution in [3.8, 4) is 0 Å². The molecule has 0 bridgehead atoms. The number of rotatable bonds is 7. The second-order valence-corrected chi connectivity index (χ2v) is 6.82. The Balaban J connectivity index is 2.20. The van der Waals surface area contributed by atoms with Crippen LogP contribution in [0.3, 0.4) is 0 Å². The molecule has 0 fully saturated rings. The third-order valence-corrected chi connectivity index (χ3v) is 4.59. The molecule has 0 saturated carbocycles. The molecule has 2 aromatic rings. The molecule has 0 aliphatic rings. The van der Waals surface area contributed by atoms with Gasteiger partial charge in [0.25, 0.3) is 0 Å². The fourth-order valence-corrected chi connectivity index (χ4v) is 3.17. The van der Waals surface area contributed by atoms with Crippen molar-refractivity contribution in [1.82, 2.24) is 19.8 Å². The maximum absolute atomic E-state index is 12.3. The molecule has 0 aliphatic carbocycles. The van der Waals surface area contributed by atoms with Crippen LogP contribution in [-0.2, 0) is 10.0 Å². The van der Waals surface area contributed by atoms with E-state index in [0.717, 1.165) is 12.1 Å². The van der Waals surface area contributed by atoms with Gasteiger partial charge in [-0.2, -0.15) is 5.10 Å². The van der Waals surface area contributed by atoms with Crippen molar-refractivity contribution in [2.45, 2.75) is 17.4 Å². The molecule has 2 N–H and O–H groups in total. The Morgan fingerprint density at radius 2 is 2.00 bits per heavy atom. The van der Waals surface area contributed by atoms with Gasteiger partial charge < -0.3 is 4.90 Å². The summed E-state index contributed by atoms with van der Waals surface area (Å²) in [6.07, 6.45) is 3.36. The number of aromatic amines is 1. The molecule has 0 radical (unpaired) electrons. The highest BCUT2D eigenvalue weighted by Crippen LogP contribution is 2.20. The van der Waals surface area contributed by atoms with Gasteiger partial charge in [-0.25, -0.2) is 13.1 Å². The predicted octanol–water partition coefficient (Wildman–Crippen LogP) is 1.38. The standard InChI is InChI=1S/C14H20N4O2S/c1-18(2)9-8-14(12-6-4-3-5-7-12)17-21(19,20)13-10-15-16-11-13/h3-7,10-11,14,17H,8-9H2,1-2H3,(H,15,16)/t14-/m0/s1. The average Bonchev–Trinajstić information content (AvgIpc) is 2.99. The van der Waals surface area contributed by atoms with Gasteiger partial charge in [-0.15, -0.1) is 0 Å². The van der Waals surface area contributed by atoms with Crippen LogP contribution in [0.15, 0.2) is 47.6 Å². The lowest BCUT2D eigenvalue weighted by Gasteiger charge is -2.20. The molecule has 0 unspecified atom stereocenters. The number of sulfonamides is 1.